The number of carbonyl (C=O) groups excluding carboxylic acids is 2. The Kier molecular flexibility index (Phi) is 9.59. The fourth-order valence-electron chi connectivity index (χ4n) is 5.61. The molecule has 0 aliphatic carbocycles. The van der Waals surface area contributed by atoms with Gasteiger partial charge in [0.25, 0.3) is 0 Å². The van der Waals surface area contributed by atoms with Crippen molar-refractivity contribution < 1.29 is 19.4 Å². The highest BCUT2D eigenvalue weighted by molar-refractivity contribution is 6.06. The van der Waals surface area contributed by atoms with E-state index in [1.165, 1.54) is 5.56 Å². The Morgan fingerprint density at radius 2 is 1.77 bits per heavy atom. The van der Waals surface area contributed by atoms with Gasteiger partial charge in [-0.05, 0) is 49.2 Å². The second kappa shape index (κ2) is 13.7. The van der Waals surface area contributed by atoms with Crippen LogP contribution in [0.2, 0.25) is 0 Å². The van der Waals surface area contributed by atoms with Crippen LogP contribution in [0.1, 0.15) is 25.0 Å². The molecule has 43 heavy (non-hydrogen) atoms. The zero-order valence-electron chi connectivity index (χ0n) is 25.0. The number of rotatable bonds is 8. The topological polar surface area (TPSA) is 94.1 Å². The van der Waals surface area contributed by atoms with E-state index in [9.17, 15) is 14.7 Å². The molecule has 0 bridgehead atoms. The molecule has 0 spiro atoms. The lowest BCUT2D eigenvalue weighted by Crippen LogP contribution is -2.47. The second-order valence-corrected chi connectivity index (χ2v) is 11.5. The zero-order valence-corrected chi connectivity index (χ0v) is 25.0. The van der Waals surface area contributed by atoms with Crippen LogP contribution in [-0.2, 0) is 17.8 Å². The number of aliphatic hydroxyl groups excluding tert-OH is 1. The minimum absolute atomic E-state index is 0.00592. The molecule has 0 saturated heterocycles. The van der Waals surface area contributed by atoms with Crippen LogP contribution in [0, 0.1) is 5.92 Å². The Labute approximate surface area is 253 Å². The van der Waals surface area contributed by atoms with Crippen molar-refractivity contribution in [2.75, 3.05) is 37.4 Å². The summed E-state index contributed by atoms with van der Waals surface area (Å²) in [6.45, 7) is 5.71. The van der Waals surface area contributed by atoms with Crippen molar-refractivity contribution in [3.8, 4) is 5.75 Å². The Morgan fingerprint density at radius 1 is 1.02 bits per heavy atom. The minimum atomic E-state index is -0.379. The fourth-order valence-corrected chi connectivity index (χ4v) is 5.61. The molecule has 3 N–H and O–H groups in total. The summed E-state index contributed by atoms with van der Waals surface area (Å²) in [7, 11) is 2.07. The first-order valence-corrected chi connectivity index (χ1v) is 14.8. The summed E-state index contributed by atoms with van der Waals surface area (Å²) in [6, 6.07) is 28.7. The lowest BCUT2D eigenvalue weighted by Gasteiger charge is -2.34. The van der Waals surface area contributed by atoms with Crippen LogP contribution in [-0.4, -0.2) is 65.7 Å². The molecule has 8 nitrogen and oxygen atoms in total. The number of hydrogen-bond donors (Lipinski definition) is 3. The van der Waals surface area contributed by atoms with E-state index < -0.39 is 0 Å². The van der Waals surface area contributed by atoms with Crippen molar-refractivity contribution in [3.05, 3.63) is 102 Å². The SMILES string of the molecule is C[C@H]1CN([C@@H](C)CO)C(=O)Cc2cc(NC(=O)Nc3cccc4ccccc34)ccc2O[C@@H]1CN(C)Cc1ccccc1. The lowest BCUT2D eigenvalue weighted by atomic mass is 10.0. The third-order valence-corrected chi connectivity index (χ3v) is 8.00. The predicted molar refractivity (Wildman–Crippen MR) is 171 cm³/mol. The first-order chi connectivity index (χ1) is 20.8. The number of aliphatic hydroxyl groups is 1. The molecule has 1 aliphatic rings. The van der Waals surface area contributed by atoms with Gasteiger partial charge in [-0.25, -0.2) is 4.79 Å². The van der Waals surface area contributed by atoms with E-state index in [0.717, 1.165) is 17.3 Å². The number of benzene rings is 4. The highest BCUT2D eigenvalue weighted by Gasteiger charge is 2.31. The number of amides is 3. The molecule has 0 aromatic heterocycles. The van der Waals surface area contributed by atoms with Gasteiger partial charge in [-0.1, -0.05) is 73.7 Å². The van der Waals surface area contributed by atoms with E-state index >= 15 is 0 Å². The molecule has 4 aromatic carbocycles. The minimum Gasteiger partial charge on any atom is -0.488 e. The molecule has 5 rings (SSSR count). The zero-order chi connectivity index (χ0) is 30.3. The van der Waals surface area contributed by atoms with Crippen LogP contribution in [0.4, 0.5) is 16.2 Å². The van der Waals surface area contributed by atoms with E-state index in [2.05, 4.69) is 41.6 Å². The second-order valence-electron chi connectivity index (χ2n) is 11.5. The van der Waals surface area contributed by atoms with E-state index in [1.54, 1.807) is 17.0 Å². The monoisotopic (exact) mass is 580 g/mol. The van der Waals surface area contributed by atoms with Gasteiger partial charge < -0.3 is 25.4 Å². The van der Waals surface area contributed by atoms with Gasteiger partial charge in [0.2, 0.25) is 5.91 Å². The number of anilines is 2. The summed E-state index contributed by atoms with van der Waals surface area (Å²) in [5, 5.41) is 17.8. The molecule has 224 valence electrons. The van der Waals surface area contributed by atoms with Crippen LogP contribution in [0.3, 0.4) is 0 Å². The van der Waals surface area contributed by atoms with Crippen LogP contribution >= 0.6 is 0 Å². The molecule has 8 heteroatoms. The molecule has 0 unspecified atom stereocenters. The lowest BCUT2D eigenvalue weighted by molar-refractivity contribution is -0.134. The number of ether oxygens (including phenoxy) is 1. The van der Waals surface area contributed by atoms with Gasteiger partial charge in [-0.15, -0.1) is 0 Å². The number of nitrogens with zero attached hydrogens (tertiary/aromatic N) is 2. The number of hydrogen-bond acceptors (Lipinski definition) is 5. The largest absolute Gasteiger partial charge is 0.488 e. The number of urea groups is 1. The Bertz CT molecular complexity index is 1560. The Balaban J connectivity index is 1.37. The van der Waals surface area contributed by atoms with Crippen molar-refractivity contribution in [1.29, 1.82) is 0 Å². The normalized spacial score (nSPS) is 17.8. The molecular formula is C35H40N4O4. The molecular weight excluding hydrogens is 540 g/mol. The first-order valence-electron chi connectivity index (χ1n) is 14.8. The maximum atomic E-state index is 13.5. The van der Waals surface area contributed by atoms with E-state index in [0.29, 0.717) is 35.8 Å². The summed E-state index contributed by atoms with van der Waals surface area (Å²) in [5.74, 6) is 0.539. The van der Waals surface area contributed by atoms with E-state index in [4.69, 9.17) is 4.74 Å². The van der Waals surface area contributed by atoms with E-state index in [-0.39, 0.29) is 43.0 Å². The number of nitrogens with one attached hydrogen (secondary N) is 2. The summed E-state index contributed by atoms with van der Waals surface area (Å²) in [6.07, 6.45) is -0.111. The van der Waals surface area contributed by atoms with Crippen LogP contribution in [0.15, 0.2) is 91.0 Å². The third-order valence-electron chi connectivity index (χ3n) is 8.00. The van der Waals surface area contributed by atoms with Crippen LogP contribution < -0.4 is 15.4 Å². The summed E-state index contributed by atoms with van der Waals surface area (Å²) in [4.78, 5) is 30.5. The molecule has 0 fully saturated rings. The average molecular weight is 581 g/mol. The van der Waals surface area contributed by atoms with Gasteiger partial charge in [0.15, 0.2) is 0 Å². The molecule has 0 radical (unpaired) electrons. The molecule has 1 heterocycles. The summed E-state index contributed by atoms with van der Waals surface area (Å²) < 4.78 is 6.64. The van der Waals surface area contributed by atoms with Crippen LogP contribution in [0.25, 0.3) is 10.8 Å². The Hall–Kier alpha value is -4.40. The van der Waals surface area contributed by atoms with Gasteiger partial charge in [0.05, 0.1) is 24.8 Å². The standard InChI is InChI=1S/C35H40N4O4/c1-24-20-39(25(2)23-40)34(41)19-28-18-29(36-35(42)37-31-15-9-13-27-12-7-8-14-30(27)31)16-17-32(28)43-33(24)22-38(3)21-26-10-5-4-6-11-26/h4-18,24-25,33,40H,19-23H2,1-3H3,(H2,36,37,42)/t24-,25-,33+/m0/s1. The third kappa shape index (κ3) is 7.52. The fraction of sp³-hybridized carbons (Fsp3) is 0.314. The van der Waals surface area contributed by atoms with Gasteiger partial charge in [0.1, 0.15) is 11.9 Å². The van der Waals surface area contributed by atoms with Crippen molar-refractivity contribution >= 4 is 34.1 Å². The average Bonchev–Trinajstić information content (AvgIpc) is 3.04. The molecule has 1 aliphatic heterocycles. The molecule has 3 atom stereocenters. The summed E-state index contributed by atoms with van der Waals surface area (Å²) >= 11 is 0. The highest BCUT2D eigenvalue weighted by atomic mass is 16.5. The van der Waals surface area contributed by atoms with Gasteiger partial charge >= 0.3 is 6.03 Å². The van der Waals surface area contributed by atoms with Crippen molar-refractivity contribution in [1.82, 2.24) is 9.80 Å². The first kappa shape index (κ1) is 30.1. The maximum absolute atomic E-state index is 13.5. The van der Waals surface area contributed by atoms with Crippen molar-refractivity contribution in [3.63, 3.8) is 0 Å². The van der Waals surface area contributed by atoms with Gasteiger partial charge in [-0.3, -0.25) is 9.69 Å². The quantitative estimate of drug-likeness (QED) is 0.246. The Morgan fingerprint density at radius 3 is 2.56 bits per heavy atom. The number of likely N-dealkylation sites (N-methyl/N-ethyl adjacent to an activating group) is 1. The number of carbonyl (C=O) groups is 2. The predicted octanol–water partition coefficient (Wildman–Crippen LogP) is 5.76. The number of fused-ring (bicyclic) bond motifs is 2. The van der Waals surface area contributed by atoms with Gasteiger partial charge in [-0.2, -0.15) is 0 Å². The smallest absolute Gasteiger partial charge is 0.323 e. The van der Waals surface area contributed by atoms with Crippen LogP contribution in [0.5, 0.6) is 5.75 Å². The van der Waals surface area contributed by atoms with Crippen molar-refractivity contribution in [2.45, 2.75) is 39.0 Å². The molecule has 0 saturated carbocycles. The molecule has 3 amide bonds. The van der Waals surface area contributed by atoms with Crippen molar-refractivity contribution in [2.24, 2.45) is 5.92 Å². The van der Waals surface area contributed by atoms with Gasteiger partial charge in [0, 0.05) is 42.2 Å². The molecule has 4 aromatic rings. The van der Waals surface area contributed by atoms with E-state index in [1.807, 2.05) is 73.7 Å². The highest BCUT2D eigenvalue weighted by Crippen LogP contribution is 2.30. The maximum Gasteiger partial charge on any atom is 0.323 e. The summed E-state index contributed by atoms with van der Waals surface area (Å²) in [5.41, 5.74) is 3.17.